The van der Waals surface area contributed by atoms with Gasteiger partial charge in [0.25, 0.3) is 0 Å². The molecule has 1 saturated heterocycles. The molecule has 2 rings (SSSR count). The highest BCUT2D eigenvalue weighted by molar-refractivity contribution is 5.86. The highest BCUT2D eigenvalue weighted by Gasteiger charge is 2.43. The van der Waals surface area contributed by atoms with Crippen molar-refractivity contribution in [3.8, 4) is 0 Å². The molecule has 2 aliphatic rings. The lowest BCUT2D eigenvalue weighted by atomic mass is 9.89. The molecule has 2 N–H and O–H groups in total. The fourth-order valence-corrected chi connectivity index (χ4v) is 2.67. The van der Waals surface area contributed by atoms with E-state index in [1.54, 1.807) is 6.92 Å². The average Bonchev–Trinajstić information content (AvgIpc) is 3.27. The molecule has 120 valence electrons. The van der Waals surface area contributed by atoms with Gasteiger partial charge in [0.05, 0.1) is 0 Å². The molecule has 1 aliphatic heterocycles. The van der Waals surface area contributed by atoms with E-state index >= 15 is 0 Å². The van der Waals surface area contributed by atoms with Gasteiger partial charge in [0.2, 0.25) is 0 Å². The number of carbonyl (C=O) groups excluding carboxylic acids is 1. The van der Waals surface area contributed by atoms with Crippen LogP contribution in [0.3, 0.4) is 0 Å². The molecule has 0 aromatic carbocycles. The Balaban J connectivity index is 1.69. The van der Waals surface area contributed by atoms with Gasteiger partial charge in [-0.2, -0.15) is 0 Å². The summed E-state index contributed by atoms with van der Waals surface area (Å²) in [5.74, 6) is -0.172. The molecule has 6 heteroatoms. The van der Waals surface area contributed by atoms with E-state index in [2.05, 4.69) is 5.32 Å². The van der Waals surface area contributed by atoms with Crippen molar-refractivity contribution >= 4 is 12.0 Å². The van der Waals surface area contributed by atoms with Crippen LogP contribution >= 0.6 is 0 Å². The van der Waals surface area contributed by atoms with Crippen LogP contribution in [-0.2, 0) is 9.53 Å². The van der Waals surface area contributed by atoms with Crippen LogP contribution < -0.4 is 5.32 Å². The second kappa shape index (κ2) is 7.11. The number of carboxylic acid groups (broad SMARTS) is 1. The third-order valence-corrected chi connectivity index (χ3v) is 4.39. The van der Waals surface area contributed by atoms with Crippen LogP contribution in [0, 0.1) is 5.92 Å². The molecule has 1 atom stereocenters. The summed E-state index contributed by atoms with van der Waals surface area (Å²) in [6.07, 6.45) is 5.54. The van der Waals surface area contributed by atoms with Crippen molar-refractivity contribution in [2.24, 2.45) is 5.92 Å². The summed E-state index contributed by atoms with van der Waals surface area (Å²) in [6.45, 7) is 4.14. The summed E-state index contributed by atoms with van der Waals surface area (Å²) in [4.78, 5) is 25.1. The predicted molar refractivity (Wildman–Crippen MR) is 78.2 cm³/mol. The summed E-state index contributed by atoms with van der Waals surface area (Å²) in [5, 5.41) is 12.2. The molecule has 0 aromatic heterocycles. The number of ether oxygens (including phenoxy) is 1. The molecule has 0 radical (unpaired) electrons. The van der Waals surface area contributed by atoms with Crippen LogP contribution in [0.4, 0.5) is 4.79 Å². The fourth-order valence-electron chi connectivity index (χ4n) is 2.67. The van der Waals surface area contributed by atoms with Gasteiger partial charge in [0.1, 0.15) is 5.54 Å². The summed E-state index contributed by atoms with van der Waals surface area (Å²) >= 11 is 0. The highest BCUT2D eigenvalue weighted by atomic mass is 16.5. The first kappa shape index (κ1) is 16.1. The first-order valence-electron chi connectivity index (χ1n) is 7.90. The molecule has 1 aliphatic carbocycles. The van der Waals surface area contributed by atoms with Crippen molar-refractivity contribution in [1.29, 1.82) is 0 Å². The molecule has 0 aromatic rings. The van der Waals surface area contributed by atoms with Crippen molar-refractivity contribution in [2.75, 3.05) is 26.3 Å². The number of aliphatic carboxylic acids is 1. The van der Waals surface area contributed by atoms with E-state index in [9.17, 15) is 14.7 Å². The van der Waals surface area contributed by atoms with E-state index in [-0.39, 0.29) is 6.03 Å². The molecule has 21 heavy (non-hydrogen) atoms. The van der Waals surface area contributed by atoms with Crippen LogP contribution in [0.1, 0.15) is 45.4 Å². The number of likely N-dealkylation sites (tertiary alicyclic amines) is 1. The van der Waals surface area contributed by atoms with Crippen LogP contribution in [0.2, 0.25) is 0 Å². The number of hydrogen-bond acceptors (Lipinski definition) is 3. The maximum Gasteiger partial charge on any atom is 0.329 e. The van der Waals surface area contributed by atoms with Gasteiger partial charge in [0.15, 0.2) is 0 Å². The Morgan fingerprint density at radius 3 is 2.81 bits per heavy atom. The summed E-state index contributed by atoms with van der Waals surface area (Å²) in [7, 11) is 0. The summed E-state index contributed by atoms with van der Waals surface area (Å²) < 4.78 is 5.51. The van der Waals surface area contributed by atoms with Gasteiger partial charge in [-0.1, -0.05) is 0 Å². The third-order valence-electron chi connectivity index (χ3n) is 4.39. The van der Waals surface area contributed by atoms with Gasteiger partial charge >= 0.3 is 12.0 Å². The van der Waals surface area contributed by atoms with Gasteiger partial charge in [-0.05, 0) is 51.4 Å². The minimum Gasteiger partial charge on any atom is -0.480 e. The van der Waals surface area contributed by atoms with Crippen LogP contribution in [0.15, 0.2) is 0 Å². The number of urea groups is 1. The minimum atomic E-state index is -1.08. The highest BCUT2D eigenvalue weighted by Crippen LogP contribution is 2.29. The van der Waals surface area contributed by atoms with Crippen molar-refractivity contribution < 1.29 is 19.4 Å². The fraction of sp³-hybridized carbons (Fsp3) is 0.867. The Morgan fingerprint density at radius 2 is 2.14 bits per heavy atom. The van der Waals surface area contributed by atoms with Gasteiger partial charge in [0, 0.05) is 26.3 Å². The molecule has 1 saturated carbocycles. The largest absolute Gasteiger partial charge is 0.480 e. The summed E-state index contributed by atoms with van der Waals surface area (Å²) in [6, 6.07) is -0.276. The Hall–Kier alpha value is -1.30. The van der Waals surface area contributed by atoms with E-state index in [0.717, 1.165) is 31.8 Å². The maximum absolute atomic E-state index is 12.2. The molecule has 2 fully saturated rings. The molecule has 2 amide bonds. The molecular formula is C15H26N2O4. The Labute approximate surface area is 125 Å². The molecule has 1 heterocycles. The number of piperidine rings is 1. The van der Waals surface area contributed by atoms with E-state index in [1.165, 1.54) is 17.7 Å². The Bertz CT molecular complexity index is 384. The molecule has 1 unspecified atom stereocenters. The quantitative estimate of drug-likeness (QED) is 0.703. The lowest BCUT2D eigenvalue weighted by Gasteiger charge is -2.41. The standard InChI is InChI=1S/C15H26N2O4/c1-15(13(18)19)7-2-3-9-17(15)14(20)16-8-4-10-21-11-12-5-6-12/h12H,2-11H2,1H3,(H,16,20)(H,18,19). The minimum absolute atomic E-state index is 0.276. The van der Waals surface area contributed by atoms with E-state index in [1.807, 2.05) is 0 Å². The van der Waals surface area contributed by atoms with Crippen molar-refractivity contribution in [3.05, 3.63) is 0 Å². The predicted octanol–water partition coefficient (Wildman–Crippen LogP) is 1.84. The third kappa shape index (κ3) is 4.33. The molecular weight excluding hydrogens is 272 g/mol. The van der Waals surface area contributed by atoms with Crippen molar-refractivity contribution in [1.82, 2.24) is 10.2 Å². The van der Waals surface area contributed by atoms with E-state index in [0.29, 0.717) is 26.1 Å². The first-order valence-corrected chi connectivity index (χ1v) is 7.90. The smallest absolute Gasteiger partial charge is 0.329 e. The average molecular weight is 298 g/mol. The Kier molecular flexibility index (Phi) is 5.45. The molecule has 6 nitrogen and oxygen atoms in total. The number of carboxylic acids is 1. The topological polar surface area (TPSA) is 78.9 Å². The van der Waals surface area contributed by atoms with E-state index in [4.69, 9.17) is 4.74 Å². The lowest BCUT2D eigenvalue weighted by Crippen LogP contribution is -2.60. The number of amides is 2. The lowest BCUT2D eigenvalue weighted by molar-refractivity contribution is -0.150. The van der Waals surface area contributed by atoms with Crippen LogP contribution in [0.25, 0.3) is 0 Å². The van der Waals surface area contributed by atoms with Crippen LogP contribution in [-0.4, -0.2) is 53.8 Å². The maximum atomic E-state index is 12.2. The number of nitrogens with zero attached hydrogens (tertiary/aromatic N) is 1. The molecule has 0 spiro atoms. The molecule has 0 bridgehead atoms. The zero-order chi connectivity index (χ0) is 15.3. The number of carbonyl (C=O) groups is 2. The zero-order valence-corrected chi connectivity index (χ0v) is 12.8. The SMILES string of the molecule is CC1(C(=O)O)CCCCN1C(=O)NCCCOCC1CC1. The summed E-state index contributed by atoms with van der Waals surface area (Å²) in [5.41, 5.74) is -1.08. The van der Waals surface area contributed by atoms with Gasteiger partial charge in [-0.25, -0.2) is 9.59 Å². The van der Waals surface area contributed by atoms with Gasteiger partial charge in [-0.3, -0.25) is 0 Å². The number of hydrogen-bond donors (Lipinski definition) is 2. The normalized spacial score (nSPS) is 25.7. The number of nitrogens with one attached hydrogen (secondary N) is 1. The first-order chi connectivity index (χ1) is 10.0. The second-order valence-corrected chi connectivity index (χ2v) is 6.29. The van der Waals surface area contributed by atoms with Gasteiger partial charge < -0.3 is 20.1 Å². The second-order valence-electron chi connectivity index (χ2n) is 6.29. The van der Waals surface area contributed by atoms with Crippen molar-refractivity contribution in [2.45, 2.75) is 51.0 Å². The monoisotopic (exact) mass is 298 g/mol. The van der Waals surface area contributed by atoms with E-state index < -0.39 is 11.5 Å². The Morgan fingerprint density at radius 1 is 1.38 bits per heavy atom. The zero-order valence-electron chi connectivity index (χ0n) is 12.8. The number of rotatable bonds is 7. The van der Waals surface area contributed by atoms with Gasteiger partial charge in [-0.15, -0.1) is 0 Å². The van der Waals surface area contributed by atoms with Crippen molar-refractivity contribution in [3.63, 3.8) is 0 Å². The van der Waals surface area contributed by atoms with Crippen LogP contribution in [0.5, 0.6) is 0 Å².